The summed E-state index contributed by atoms with van der Waals surface area (Å²) < 4.78 is 0. The Labute approximate surface area is 132 Å². The molecule has 4 rings (SSSR count). The molecule has 3 heteroatoms. The second kappa shape index (κ2) is 5.06. The summed E-state index contributed by atoms with van der Waals surface area (Å²) in [5.74, 6) is 2.76. The SMILES string of the molecule is CCNC1CC(C)(C)Cc2nc(C3CC4CCC3C4)sc21. The lowest BCUT2D eigenvalue weighted by molar-refractivity contribution is 0.260. The van der Waals surface area contributed by atoms with Crippen LogP contribution in [0.4, 0.5) is 0 Å². The zero-order chi connectivity index (χ0) is 14.6. The molecule has 0 radical (unpaired) electrons. The van der Waals surface area contributed by atoms with Crippen molar-refractivity contribution >= 4 is 11.3 Å². The molecule has 0 aromatic carbocycles. The quantitative estimate of drug-likeness (QED) is 0.877. The molecule has 1 N–H and O–H groups in total. The van der Waals surface area contributed by atoms with E-state index in [2.05, 4.69) is 26.1 Å². The van der Waals surface area contributed by atoms with Crippen LogP contribution in [-0.2, 0) is 6.42 Å². The van der Waals surface area contributed by atoms with E-state index >= 15 is 0 Å². The fraction of sp³-hybridized carbons (Fsp3) is 0.833. The van der Waals surface area contributed by atoms with Gasteiger partial charge >= 0.3 is 0 Å². The van der Waals surface area contributed by atoms with Crippen LogP contribution in [0.25, 0.3) is 0 Å². The van der Waals surface area contributed by atoms with E-state index in [1.165, 1.54) is 49.2 Å². The Hall–Kier alpha value is -0.410. The lowest BCUT2D eigenvalue weighted by Gasteiger charge is -2.34. The Bertz CT molecular complexity index is 533. The van der Waals surface area contributed by atoms with Gasteiger partial charge in [0.15, 0.2) is 0 Å². The van der Waals surface area contributed by atoms with E-state index in [0.29, 0.717) is 11.5 Å². The molecule has 3 aliphatic rings. The minimum absolute atomic E-state index is 0.389. The number of hydrogen-bond acceptors (Lipinski definition) is 3. The molecule has 0 aliphatic heterocycles. The van der Waals surface area contributed by atoms with Crippen molar-refractivity contribution in [2.45, 2.75) is 71.3 Å². The summed E-state index contributed by atoms with van der Waals surface area (Å²) in [6.45, 7) is 8.08. The first kappa shape index (κ1) is 14.2. The van der Waals surface area contributed by atoms with Crippen molar-refractivity contribution in [1.29, 1.82) is 0 Å². The molecule has 116 valence electrons. The van der Waals surface area contributed by atoms with Crippen molar-refractivity contribution in [3.05, 3.63) is 15.6 Å². The Balaban J connectivity index is 1.64. The number of fused-ring (bicyclic) bond motifs is 3. The minimum atomic E-state index is 0.389. The number of nitrogens with zero attached hydrogens (tertiary/aromatic N) is 1. The van der Waals surface area contributed by atoms with Crippen LogP contribution in [0.3, 0.4) is 0 Å². The van der Waals surface area contributed by atoms with Crippen LogP contribution >= 0.6 is 11.3 Å². The van der Waals surface area contributed by atoms with Crippen molar-refractivity contribution in [2.75, 3.05) is 6.54 Å². The maximum atomic E-state index is 5.16. The van der Waals surface area contributed by atoms with Gasteiger partial charge in [0, 0.05) is 16.8 Å². The first-order chi connectivity index (χ1) is 10.1. The Kier molecular flexibility index (Phi) is 3.42. The number of thiazole rings is 1. The van der Waals surface area contributed by atoms with Crippen molar-refractivity contribution in [1.82, 2.24) is 10.3 Å². The van der Waals surface area contributed by atoms with E-state index in [4.69, 9.17) is 4.98 Å². The average molecular weight is 305 g/mol. The molecule has 0 amide bonds. The van der Waals surface area contributed by atoms with Crippen molar-refractivity contribution in [3.63, 3.8) is 0 Å². The molecule has 1 aromatic rings. The highest BCUT2D eigenvalue weighted by molar-refractivity contribution is 7.12. The van der Waals surface area contributed by atoms with E-state index in [1.807, 2.05) is 11.3 Å². The molecule has 2 fully saturated rings. The molecule has 0 spiro atoms. The standard InChI is InChI=1S/C18H28N2S/c1-4-19-14-9-18(2,3)10-15-16(14)21-17(20-15)13-8-11-5-6-12(13)7-11/h11-14,19H,4-10H2,1-3H3. The first-order valence-electron chi connectivity index (χ1n) is 8.78. The van der Waals surface area contributed by atoms with Gasteiger partial charge in [-0.2, -0.15) is 0 Å². The smallest absolute Gasteiger partial charge is 0.0965 e. The maximum absolute atomic E-state index is 5.16. The normalized spacial score (nSPS) is 36.9. The molecule has 4 unspecified atom stereocenters. The van der Waals surface area contributed by atoms with Gasteiger partial charge in [-0.25, -0.2) is 4.98 Å². The van der Waals surface area contributed by atoms with Crippen molar-refractivity contribution in [3.8, 4) is 0 Å². The molecule has 2 bridgehead atoms. The monoisotopic (exact) mass is 304 g/mol. The van der Waals surface area contributed by atoms with Crippen LogP contribution in [0.2, 0.25) is 0 Å². The number of aromatic nitrogens is 1. The van der Waals surface area contributed by atoms with E-state index in [0.717, 1.165) is 24.3 Å². The first-order valence-corrected chi connectivity index (χ1v) is 9.60. The Morgan fingerprint density at radius 1 is 1.29 bits per heavy atom. The zero-order valence-electron chi connectivity index (χ0n) is 13.6. The molecule has 1 heterocycles. The maximum Gasteiger partial charge on any atom is 0.0965 e. The van der Waals surface area contributed by atoms with Gasteiger partial charge in [-0.1, -0.05) is 27.2 Å². The lowest BCUT2D eigenvalue weighted by atomic mass is 9.76. The summed E-state index contributed by atoms with van der Waals surface area (Å²) in [4.78, 5) is 6.72. The second-order valence-electron chi connectivity index (χ2n) is 8.30. The molecule has 2 nitrogen and oxygen atoms in total. The number of nitrogens with one attached hydrogen (secondary N) is 1. The van der Waals surface area contributed by atoms with Crippen LogP contribution < -0.4 is 5.32 Å². The topological polar surface area (TPSA) is 24.9 Å². The third-order valence-corrected chi connectivity index (χ3v) is 7.31. The van der Waals surface area contributed by atoms with Crippen LogP contribution in [0.5, 0.6) is 0 Å². The summed E-state index contributed by atoms with van der Waals surface area (Å²) in [5.41, 5.74) is 1.81. The highest BCUT2D eigenvalue weighted by atomic mass is 32.1. The molecule has 3 aliphatic carbocycles. The fourth-order valence-electron chi connectivity index (χ4n) is 5.07. The third kappa shape index (κ3) is 2.46. The van der Waals surface area contributed by atoms with Crippen LogP contribution in [0.1, 0.15) is 80.4 Å². The third-order valence-electron chi connectivity index (χ3n) is 5.97. The molecule has 0 saturated heterocycles. The predicted octanol–water partition coefficient (Wildman–Crippen LogP) is 4.67. The van der Waals surface area contributed by atoms with Gasteiger partial charge in [0.1, 0.15) is 0 Å². The van der Waals surface area contributed by atoms with Gasteiger partial charge in [0.2, 0.25) is 0 Å². The Morgan fingerprint density at radius 3 is 2.81 bits per heavy atom. The largest absolute Gasteiger partial charge is 0.309 e. The highest BCUT2D eigenvalue weighted by Gasteiger charge is 2.43. The number of rotatable bonds is 3. The van der Waals surface area contributed by atoms with E-state index < -0.39 is 0 Å². The minimum Gasteiger partial charge on any atom is -0.309 e. The van der Waals surface area contributed by atoms with Gasteiger partial charge in [-0.15, -0.1) is 11.3 Å². The average Bonchev–Trinajstić information content (AvgIpc) is 3.10. The van der Waals surface area contributed by atoms with E-state index in [-0.39, 0.29) is 0 Å². The fourth-order valence-corrected chi connectivity index (χ4v) is 6.43. The summed E-state index contributed by atoms with van der Waals surface area (Å²) in [6.07, 6.45) is 8.28. The summed E-state index contributed by atoms with van der Waals surface area (Å²) in [6, 6.07) is 0.540. The Morgan fingerprint density at radius 2 is 2.14 bits per heavy atom. The van der Waals surface area contributed by atoms with Crippen molar-refractivity contribution in [2.24, 2.45) is 17.3 Å². The van der Waals surface area contributed by atoms with Gasteiger partial charge in [0.25, 0.3) is 0 Å². The van der Waals surface area contributed by atoms with Gasteiger partial charge in [-0.05, 0) is 55.9 Å². The van der Waals surface area contributed by atoms with E-state index in [9.17, 15) is 0 Å². The van der Waals surface area contributed by atoms with Crippen LogP contribution in [0.15, 0.2) is 0 Å². The molecule has 21 heavy (non-hydrogen) atoms. The molecular weight excluding hydrogens is 276 g/mol. The molecular formula is C18H28N2S. The predicted molar refractivity (Wildman–Crippen MR) is 88.8 cm³/mol. The van der Waals surface area contributed by atoms with Crippen molar-refractivity contribution < 1.29 is 0 Å². The summed E-state index contributed by atoms with van der Waals surface area (Å²) in [7, 11) is 0. The second-order valence-corrected chi connectivity index (χ2v) is 9.36. The lowest BCUT2D eigenvalue weighted by Crippen LogP contribution is -2.32. The van der Waals surface area contributed by atoms with Gasteiger partial charge in [0.05, 0.1) is 10.7 Å². The van der Waals surface area contributed by atoms with Gasteiger partial charge in [-0.3, -0.25) is 0 Å². The molecule has 1 aromatic heterocycles. The zero-order valence-corrected chi connectivity index (χ0v) is 14.4. The van der Waals surface area contributed by atoms with E-state index in [1.54, 1.807) is 4.88 Å². The summed E-state index contributed by atoms with van der Waals surface area (Å²) >= 11 is 2.05. The highest BCUT2D eigenvalue weighted by Crippen LogP contribution is 2.54. The molecule has 4 atom stereocenters. The van der Waals surface area contributed by atoms with Gasteiger partial charge < -0.3 is 5.32 Å². The number of hydrogen-bond donors (Lipinski definition) is 1. The summed E-state index contributed by atoms with van der Waals surface area (Å²) in [5, 5.41) is 5.18. The molecule has 2 saturated carbocycles. The van der Waals surface area contributed by atoms with Crippen LogP contribution in [0, 0.1) is 17.3 Å². The van der Waals surface area contributed by atoms with Crippen LogP contribution in [-0.4, -0.2) is 11.5 Å².